The second-order valence-corrected chi connectivity index (χ2v) is 4.06. The number of anilines is 1. The first-order valence-electron chi connectivity index (χ1n) is 5.72. The van der Waals surface area contributed by atoms with E-state index < -0.39 is 4.92 Å². The molecular weight excluding hydrogens is 262 g/mol. The Morgan fingerprint density at radius 1 is 1.55 bits per heavy atom. The van der Waals surface area contributed by atoms with Crippen LogP contribution in [-0.2, 0) is 6.54 Å². The van der Waals surface area contributed by atoms with Crippen molar-refractivity contribution in [1.82, 2.24) is 9.97 Å². The van der Waals surface area contributed by atoms with Crippen LogP contribution in [0.1, 0.15) is 22.9 Å². The summed E-state index contributed by atoms with van der Waals surface area (Å²) < 4.78 is 5.36. The van der Waals surface area contributed by atoms with Gasteiger partial charge in [0.2, 0.25) is 11.7 Å². The Balaban J connectivity index is 2.21. The number of nitro groups is 1. The van der Waals surface area contributed by atoms with Crippen molar-refractivity contribution in [2.75, 3.05) is 5.32 Å². The van der Waals surface area contributed by atoms with E-state index in [1.54, 1.807) is 6.92 Å². The average Bonchev–Trinajstić information content (AvgIpc) is 2.75. The molecule has 2 aromatic rings. The fourth-order valence-electron chi connectivity index (χ4n) is 1.56. The number of rotatable bonds is 4. The van der Waals surface area contributed by atoms with Crippen molar-refractivity contribution in [3.63, 3.8) is 0 Å². The number of aryl methyl sites for hydroxylation is 2. The minimum Gasteiger partial charge on any atom is -0.444 e. The highest BCUT2D eigenvalue weighted by Crippen LogP contribution is 2.23. The zero-order valence-electron chi connectivity index (χ0n) is 10.9. The van der Waals surface area contributed by atoms with Gasteiger partial charge in [-0.3, -0.25) is 10.1 Å². The van der Waals surface area contributed by atoms with Gasteiger partial charge in [0.25, 0.3) is 0 Å². The molecule has 0 aliphatic heterocycles. The number of hydrogen-bond acceptors (Lipinski definition) is 7. The summed E-state index contributed by atoms with van der Waals surface area (Å²) in [5.41, 5.74) is 0.637. The molecule has 0 amide bonds. The van der Waals surface area contributed by atoms with Crippen LogP contribution < -0.4 is 5.32 Å². The van der Waals surface area contributed by atoms with Gasteiger partial charge in [0.15, 0.2) is 0 Å². The van der Waals surface area contributed by atoms with E-state index >= 15 is 0 Å². The molecule has 0 saturated carbocycles. The molecule has 0 atom stereocenters. The van der Waals surface area contributed by atoms with E-state index in [4.69, 9.17) is 9.68 Å². The summed E-state index contributed by atoms with van der Waals surface area (Å²) in [6.07, 6.45) is 1.27. The molecule has 2 heterocycles. The predicted octanol–water partition coefficient (Wildman–Crippen LogP) is 2.08. The maximum absolute atomic E-state index is 10.9. The lowest BCUT2D eigenvalue weighted by Crippen LogP contribution is -2.05. The summed E-state index contributed by atoms with van der Waals surface area (Å²) in [4.78, 5) is 18.4. The van der Waals surface area contributed by atoms with Gasteiger partial charge in [-0.05, 0) is 13.8 Å². The van der Waals surface area contributed by atoms with Gasteiger partial charge in [0.05, 0.1) is 22.7 Å². The third-order valence-corrected chi connectivity index (χ3v) is 2.67. The van der Waals surface area contributed by atoms with Gasteiger partial charge in [0, 0.05) is 12.3 Å². The van der Waals surface area contributed by atoms with Crippen LogP contribution in [-0.4, -0.2) is 14.9 Å². The molecule has 0 unspecified atom stereocenters. The minimum absolute atomic E-state index is 0.0718. The van der Waals surface area contributed by atoms with Crippen molar-refractivity contribution in [3.05, 3.63) is 45.3 Å². The molecular formula is C12H11N5O3. The normalized spacial score (nSPS) is 10.1. The summed E-state index contributed by atoms with van der Waals surface area (Å²) in [6, 6.07) is 2.98. The van der Waals surface area contributed by atoms with Crippen LogP contribution in [0.15, 0.2) is 16.7 Å². The van der Waals surface area contributed by atoms with Gasteiger partial charge < -0.3 is 9.73 Å². The average molecular weight is 273 g/mol. The smallest absolute Gasteiger partial charge is 0.312 e. The van der Waals surface area contributed by atoms with E-state index in [2.05, 4.69) is 15.3 Å². The Hall–Kier alpha value is -2.95. The minimum atomic E-state index is -0.595. The van der Waals surface area contributed by atoms with Crippen LogP contribution in [0.5, 0.6) is 0 Å². The van der Waals surface area contributed by atoms with Crippen LogP contribution in [0.4, 0.5) is 11.5 Å². The number of nitriles is 1. The topological polar surface area (TPSA) is 118 Å². The SMILES string of the molecule is Cc1nc(CNc2ncc(C#N)cc2[N+](=O)[O-])oc1C. The summed E-state index contributed by atoms with van der Waals surface area (Å²) >= 11 is 0. The Kier molecular flexibility index (Phi) is 3.61. The van der Waals surface area contributed by atoms with Crippen LogP contribution in [0.25, 0.3) is 0 Å². The van der Waals surface area contributed by atoms with Gasteiger partial charge in [-0.2, -0.15) is 5.26 Å². The molecule has 0 aliphatic carbocycles. The molecule has 0 bridgehead atoms. The fraction of sp³-hybridized carbons (Fsp3) is 0.250. The first kappa shape index (κ1) is 13.5. The highest BCUT2D eigenvalue weighted by atomic mass is 16.6. The monoisotopic (exact) mass is 273 g/mol. The molecule has 102 valence electrons. The van der Waals surface area contributed by atoms with Crippen LogP contribution in [0.2, 0.25) is 0 Å². The molecule has 2 aromatic heterocycles. The second-order valence-electron chi connectivity index (χ2n) is 4.06. The quantitative estimate of drug-likeness (QED) is 0.669. The molecule has 8 heteroatoms. The van der Waals surface area contributed by atoms with E-state index in [1.165, 1.54) is 12.3 Å². The zero-order chi connectivity index (χ0) is 14.7. The molecule has 20 heavy (non-hydrogen) atoms. The molecule has 0 aromatic carbocycles. The van der Waals surface area contributed by atoms with Crippen molar-refractivity contribution < 1.29 is 9.34 Å². The molecule has 0 fully saturated rings. The number of hydrogen-bond donors (Lipinski definition) is 1. The van der Waals surface area contributed by atoms with E-state index in [0.29, 0.717) is 11.7 Å². The van der Waals surface area contributed by atoms with Crippen LogP contribution in [0.3, 0.4) is 0 Å². The first-order chi connectivity index (χ1) is 9.51. The molecule has 2 rings (SSSR count). The molecule has 0 aliphatic rings. The lowest BCUT2D eigenvalue weighted by atomic mass is 10.3. The van der Waals surface area contributed by atoms with Crippen LogP contribution in [0, 0.1) is 35.3 Å². The number of oxazole rings is 1. The Morgan fingerprint density at radius 3 is 2.85 bits per heavy atom. The van der Waals surface area contributed by atoms with Crippen molar-refractivity contribution in [3.8, 4) is 6.07 Å². The molecule has 8 nitrogen and oxygen atoms in total. The Labute approximate surface area is 114 Å². The Bertz CT molecular complexity index is 682. The third-order valence-electron chi connectivity index (χ3n) is 2.67. The third kappa shape index (κ3) is 2.72. The summed E-state index contributed by atoms with van der Waals surface area (Å²) in [5.74, 6) is 1.19. The van der Waals surface area contributed by atoms with Crippen molar-refractivity contribution in [1.29, 1.82) is 5.26 Å². The van der Waals surface area contributed by atoms with E-state index in [0.717, 1.165) is 5.69 Å². The second kappa shape index (κ2) is 5.36. The standard InChI is InChI=1S/C12H11N5O3/c1-7-8(2)20-11(16-7)6-15-12-10(17(18)19)3-9(4-13)5-14-12/h3,5H,6H2,1-2H3,(H,14,15). The molecule has 0 radical (unpaired) electrons. The Morgan fingerprint density at radius 2 is 2.30 bits per heavy atom. The number of pyridine rings is 1. The fourth-order valence-corrected chi connectivity index (χ4v) is 1.56. The number of aromatic nitrogens is 2. The van der Waals surface area contributed by atoms with Gasteiger partial charge in [-0.25, -0.2) is 9.97 Å². The lowest BCUT2D eigenvalue weighted by Gasteiger charge is -2.03. The zero-order valence-corrected chi connectivity index (χ0v) is 10.9. The highest BCUT2D eigenvalue weighted by molar-refractivity contribution is 5.58. The lowest BCUT2D eigenvalue weighted by molar-refractivity contribution is -0.384. The van der Waals surface area contributed by atoms with Gasteiger partial charge in [-0.15, -0.1) is 0 Å². The maximum Gasteiger partial charge on any atom is 0.312 e. The van der Waals surface area contributed by atoms with Crippen LogP contribution >= 0.6 is 0 Å². The van der Waals surface area contributed by atoms with Gasteiger partial charge >= 0.3 is 5.69 Å². The number of nitrogens with one attached hydrogen (secondary N) is 1. The van der Waals surface area contributed by atoms with Gasteiger partial charge in [0.1, 0.15) is 11.8 Å². The molecule has 1 N–H and O–H groups in total. The van der Waals surface area contributed by atoms with E-state index in [-0.39, 0.29) is 23.6 Å². The van der Waals surface area contributed by atoms with E-state index in [1.807, 2.05) is 13.0 Å². The van der Waals surface area contributed by atoms with E-state index in [9.17, 15) is 10.1 Å². The summed E-state index contributed by atoms with van der Waals surface area (Å²) in [7, 11) is 0. The maximum atomic E-state index is 10.9. The molecule has 0 spiro atoms. The van der Waals surface area contributed by atoms with Gasteiger partial charge in [-0.1, -0.05) is 0 Å². The largest absolute Gasteiger partial charge is 0.444 e. The summed E-state index contributed by atoms with van der Waals surface area (Å²) in [5, 5.41) is 22.4. The summed E-state index contributed by atoms with van der Waals surface area (Å²) in [6.45, 7) is 3.77. The van der Waals surface area contributed by atoms with Crippen molar-refractivity contribution in [2.24, 2.45) is 0 Å². The molecule has 0 saturated heterocycles. The predicted molar refractivity (Wildman–Crippen MR) is 68.9 cm³/mol. The highest BCUT2D eigenvalue weighted by Gasteiger charge is 2.17. The van der Waals surface area contributed by atoms with Crippen molar-refractivity contribution in [2.45, 2.75) is 20.4 Å². The number of nitrogens with zero attached hydrogens (tertiary/aromatic N) is 4. The van der Waals surface area contributed by atoms with Crippen molar-refractivity contribution >= 4 is 11.5 Å². The first-order valence-corrected chi connectivity index (χ1v) is 5.72.